The van der Waals surface area contributed by atoms with Crippen LogP contribution in [0.1, 0.15) is 18.1 Å². The van der Waals surface area contributed by atoms with Crippen LogP contribution in [0.4, 0.5) is 0 Å². The molecule has 26 heavy (non-hydrogen) atoms. The molecular weight excluding hydrogens is 344 g/mol. The van der Waals surface area contributed by atoms with Crippen LogP contribution in [0.25, 0.3) is 17.5 Å². The molecule has 0 spiro atoms. The Labute approximate surface area is 157 Å². The first-order valence-corrected chi connectivity index (χ1v) is 9.39. The quantitative estimate of drug-likeness (QED) is 0.567. The molecule has 2 heterocycles. The summed E-state index contributed by atoms with van der Waals surface area (Å²) < 4.78 is 2.01. The smallest absolute Gasteiger partial charge is 0.191 e. The molecule has 3 aromatic rings. The van der Waals surface area contributed by atoms with E-state index < -0.39 is 0 Å². The van der Waals surface area contributed by atoms with Gasteiger partial charge >= 0.3 is 0 Å². The molecule has 0 fully saturated rings. The summed E-state index contributed by atoms with van der Waals surface area (Å²) in [6.07, 6.45) is 5.70. The minimum absolute atomic E-state index is 0.162. The highest BCUT2D eigenvalue weighted by molar-refractivity contribution is 7.99. The van der Waals surface area contributed by atoms with Gasteiger partial charge in [-0.1, -0.05) is 48.7 Å². The molecule has 3 rings (SSSR count). The number of benzene rings is 1. The largest absolute Gasteiger partial charge is 0.302 e. The topological polar surface area (TPSA) is 60.7 Å². The highest BCUT2D eigenvalue weighted by Gasteiger charge is 2.14. The molecule has 0 aliphatic heterocycles. The Bertz CT molecular complexity index is 888. The zero-order chi connectivity index (χ0) is 18.4. The van der Waals surface area contributed by atoms with Crippen molar-refractivity contribution in [1.29, 1.82) is 0 Å². The molecule has 0 aliphatic carbocycles. The summed E-state index contributed by atoms with van der Waals surface area (Å²) in [5.74, 6) is 1.31. The Morgan fingerprint density at radius 1 is 1.23 bits per heavy atom. The average Bonchev–Trinajstić information content (AvgIpc) is 3.10. The van der Waals surface area contributed by atoms with Crippen molar-refractivity contribution < 1.29 is 4.79 Å². The van der Waals surface area contributed by atoms with Gasteiger partial charge in [0, 0.05) is 30.9 Å². The lowest BCUT2D eigenvalue weighted by atomic mass is 10.1. The summed E-state index contributed by atoms with van der Waals surface area (Å²) in [7, 11) is 0. The molecule has 1 aromatic carbocycles. The second-order valence-corrected chi connectivity index (χ2v) is 6.68. The van der Waals surface area contributed by atoms with Gasteiger partial charge in [0.15, 0.2) is 11.0 Å². The highest BCUT2D eigenvalue weighted by Crippen LogP contribution is 2.23. The number of ketones is 1. The van der Waals surface area contributed by atoms with Crippen LogP contribution >= 0.6 is 11.8 Å². The van der Waals surface area contributed by atoms with E-state index in [-0.39, 0.29) is 5.78 Å². The van der Waals surface area contributed by atoms with Crippen molar-refractivity contribution >= 4 is 23.6 Å². The average molecular weight is 364 g/mol. The van der Waals surface area contributed by atoms with Crippen LogP contribution in [0.2, 0.25) is 0 Å². The van der Waals surface area contributed by atoms with E-state index in [1.807, 2.05) is 47.9 Å². The van der Waals surface area contributed by atoms with Crippen LogP contribution < -0.4 is 0 Å². The minimum atomic E-state index is 0.162. The molecule has 0 saturated heterocycles. The van der Waals surface area contributed by atoms with Gasteiger partial charge in [-0.05, 0) is 30.2 Å². The first kappa shape index (κ1) is 18.1. The van der Waals surface area contributed by atoms with Crippen LogP contribution in [-0.2, 0) is 17.8 Å². The van der Waals surface area contributed by atoms with Crippen molar-refractivity contribution in [2.75, 3.05) is 5.75 Å². The maximum Gasteiger partial charge on any atom is 0.191 e. The summed E-state index contributed by atoms with van der Waals surface area (Å²) in [4.78, 5) is 16.4. The minimum Gasteiger partial charge on any atom is -0.302 e. The van der Waals surface area contributed by atoms with Gasteiger partial charge in [0.2, 0.25) is 0 Å². The van der Waals surface area contributed by atoms with Gasteiger partial charge in [0.1, 0.15) is 5.78 Å². The summed E-state index contributed by atoms with van der Waals surface area (Å²) in [5, 5.41) is 9.27. The molecule has 132 valence electrons. The normalized spacial score (nSPS) is 10.7. The number of pyridine rings is 1. The maximum absolute atomic E-state index is 12.3. The lowest BCUT2D eigenvalue weighted by Gasteiger charge is -2.07. The van der Waals surface area contributed by atoms with Crippen LogP contribution in [-0.4, -0.2) is 31.3 Å². The molecule has 0 saturated carbocycles. The number of hydrogen-bond acceptors (Lipinski definition) is 5. The van der Waals surface area contributed by atoms with Gasteiger partial charge in [-0.15, -0.1) is 10.2 Å². The van der Waals surface area contributed by atoms with E-state index in [1.54, 1.807) is 18.5 Å². The van der Waals surface area contributed by atoms with E-state index in [9.17, 15) is 4.79 Å². The van der Waals surface area contributed by atoms with Crippen molar-refractivity contribution in [3.8, 4) is 11.4 Å². The molecule has 0 atom stereocenters. The fourth-order valence-electron chi connectivity index (χ4n) is 2.58. The second-order valence-electron chi connectivity index (χ2n) is 5.74. The Hall–Kier alpha value is -2.73. The fraction of sp³-hybridized carbons (Fsp3) is 0.200. The van der Waals surface area contributed by atoms with Crippen molar-refractivity contribution in [2.45, 2.75) is 25.0 Å². The number of carbonyl (C=O) groups is 1. The van der Waals surface area contributed by atoms with Gasteiger partial charge in [-0.3, -0.25) is 9.78 Å². The molecule has 0 aliphatic rings. The Morgan fingerprint density at radius 3 is 2.69 bits per heavy atom. The third-order valence-corrected chi connectivity index (χ3v) is 4.96. The second kappa shape index (κ2) is 8.58. The zero-order valence-corrected chi connectivity index (χ0v) is 15.4. The van der Waals surface area contributed by atoms with Gasteiger partial charge in [0.05, 0.1) is 5.75 Å². The zero-order valence-electron chi connectivity index (χ0n) is 14.6. The summed E-state index contributed by atoms with van der Waals surface area (Å²) in [6.45, 7) is 6.51. The highest BCUT2D eigenvalue weighted by atomic mass is 32.2. The van der Waals surface area contributed by atoms with E-state index in [0.29, 0.717) is 12.2 Å². The lowest BCUT2D eigenvalue weighted by molar-refractivity contribution is -0.116. The predicted molar refractivity (Wildman–Crippen MR) is 105 cm³/mol. The molecule has 0 radical (unpaired) electrons. The summed E-state index contributed by atoms with van der Waals surface area (Å²) in [6, 6.07) is 11.7. The fourth-order valence-corrected chi connectivity index (χ4v) is 3.45. The number of aromatic nitrogens is 4. The van der Waals surface area contributed by atoms with E-state index >= 15 is 0 Å². The molecule has 5 nitrogen and oxygen atoms in total. The third-order valence-electron chi connectivity index (χ3n) is 3.93. The van der Waals surface area contributed by atoms with E-state index in [0.717, 1.165) is 34.2 Å². The van der Waals surface area contributed by atoms with Crippen LogP contribution in [0.15, 0.2) is 60.5 Å². The van der Waals surface area contributed by atoms with Crippen molar-refractivity contribution in [3.63, 3.8) is 0 Å². The number of rotatable bonds is 8. The number of thioether (sulfide) groups is 1. The number of nitrogens with zero attached hydrogens (tertiary/aromatic N) is 4. The number of hydrogen-bond donors (Lipinski definition) is 0. The maximum atomic E-state index is 12.3. The Morgan fingerprint density at radius 2 is 2.04 bits per heavy atom. The van der Waals surface area contributed by atoms with Crippen LogP contribution in [0, 0.1) is 0 Å². The molecule has 0 bridgehead atoms. The predicted octanol–water partition coefficient (Wildman–Crippen LogP) is 3.91. The van der Waals surface area contributed by atoms with Crippen molar-refractivity contribution in [1.82, 2.24) is 19.7 Å². The van der Waals surface area contributed by atoms with E-state index in [1.165, 1.54) is 11.8 Å². The standard InChI is InChI=1S/C20H20N4OS/c1-3-15-7-9-16(10-8-15)12-18(25)14-26-20-23-22-19(24(20)4-2)17-6-5-11-21-13-17/h3,5-11,13H,1,4,12,14H2,2H3. The summed E-state index contributed by atoms with van der Waals surface area (Å²) >= 11 is 1.43. The first-order valence-electron chi connectivity index (χ1n) is 8.40. The van der Waals surface area contributed by atoms with E-state index in [4.69, 9.17) is 0 Å². The monoisotopic (exact) mass is 364 g/mol. The number of carbonyl (C=O) groups excluding carboxylic acids is 1. The molecule has 0 unspecified atom stereocenters. The lowest BCUT2D eigenvalue weighted by Crippen LogP contribution is -2.07. The van der Waals surface area contributed by atoms with Crippen LogP contribution in [0.3, 0.4) is 0 Å². The van der Waals surface area contributed by atoms with Crippen LogP contribution in [0.5, 0.6) is 0 Å². The molecule has 2 aromatic heterocycles. The molecule has 0 amide bonds. The third kappa shape index (κ3) is 4.26. The molecular formula is C20H20N4OS. The summed E-state index contributed by atoms with van der Waals surface area (Å²) in [5.41, 5.74) is 2.98. The van der Waals surface area contributed by atoms with E-state index in [2.05, 4.69) is 21.8 Å². The van der Waals surface area contributed by atoms with Gasteiger partial charge in [-0.2, -0.15) is 0 Å². The Kier molecular flexibility index (Phi) is 5.96. The van der Waals surface area contributed by atoms with Gasteiger partial charge < -0.3 is 4.57 Å². The molecule has 0 N–H and O–H groups in total. The number of Topliss-reactive ketones (excluding diaryl/α,β-unsaturated/α-hetero) is 1. The van der Waals surface area contributed by atoms with Gasteiger partial charge in [0.25, 0.3) is 0 Å². The van der Waals surface area contributed by atoms with Crippen molar-refractivity contribution in [2.24, 2.45) is 0 Å². The van der Waals surface area contributed by atoms with Gasteiger partial charge in [-0.25, -0.2) is 0 Å². The molecule has 6 heteroatoms. The SMILES string of the molecule is C=Cc1ccc(CC(=O)CSc2nnc(-c3cccnc3)n2CC)cc1. The first-order chi connectivity index (χ1) is 12.7. The Balaban J connectivity index is 1.64. The van der Waals surface area contributed by atoms with Crippen molar-refractivity contribution in [3.05, 3.63) is 66.5 Å².